The van der Waals surface area contributed by atoms with Crippen LogP contribution in [-0.4, -0.2) is 5.91 Å². The van der Waals surface area contributed by atoms with E-state index in [2.05, 4.69) is 15.9 Å². The third-order valence-corrected chi connectivity index (χ3v) is 3.06. The minimum atomic E-state index is -1.21. The molecule has 0 aliphatic heterocycles. The molecule has 2 nitrogen and oxygen atoms in total. The maximum absolute atomic E-state index is 13.5. The first kappa shape index (κ1) is 14.5. The molecule has 2 rings (SSSR count). The lowest BCUT2D eigenvalue weighted by Gasteiger charge is -2.08. The molecule has 20 heavy (non-hydrogen) atoms. The Hall–Kier alpha value is -1.89. The normalized spacial score (nSPS) is 10.4. The van der Waals surface area contributed by atoms with Crippen LogP contribution in [0.3, 0.4) is 0 Å². The number of hydrogen-bond acceptors (Lipinski definition) is 1. The Morgan fingerprint density at radius 3 is 2.15 bits per heavy atom. The molecule has 0 unspecified atom stereocenters. The van der Waals surface area contributed by atoms with Gasteiger partial charge < -0.3 is 5.32 Å². The van der Waals surface area contributed by atoms with Crippen molar-refractivity contribution in [1.29, 1.82) is 0 Å². The van der Waals surface area contributed by atoms with E-state index >= 15 is 0 Å². The van der Waals surface area contributed by atoms with Gasteiger partial charge in [0.1, 0.15) is 28.8 Å². The summed E-state index contributed by atoms with van der Waals surface area (Å²) in [7, 11) is 0. The van der Waals surface area contributed by atoms with E-state index in [4.69, 9.17) is 0 Å². The van der Waals surface area contributed by atoms with E-state index in [1.54, 1.807) is 0 Å². The molecule has 2 aromatic rings. The second-order valence-electron chi connectivity index (χ2n) is 3.80. The van der Waals surface area contributed by atoms with Gasteiger partial charge in [-0.1, -0.05) is 6.07 Å². The van der Waals surface area contributed by atoms with Crippen molar-refractivity contribution in [3.8, 4) is 0 Å². The second kappa shape index (κ2) is 5.62. The van der Waals surface area contributed by atoms with Crippen molar-refractivity contribution in [1.82, 2.24) is 0 Å². The molecule has 0 heterocycles. The number of rotatable bonds is 2. The molecule has 2 aromatic carbocycles. The highest BCUT2D eigenvalue weighted by molar-refractivity contribution is 9.10. The van der Waals surface area contributed by atoms with Crippen LogP contribution in [0.5, 0.6) is 0 Å². The monoisotopic (exact) mass is 347 g/mol. The van der Waals surface area contributed by atoms with Crippen molar-refractivity contribution in [3.63, 3.8) is 0 Å². The standard InChI is InChI=1S/C13H6BrF4NO/c14-6-4-10(18)11(5-9(6)17)19-13(20)12-7(15)2-1-3-8(12)16/h1-5H,(H,19,20). The third-order valence-electron chi connectivity index (χ3n) is 2.45. The maximum atomic E-state index is 13.5. The van der Waals surface area contributed by atoms with Crippen molar-refractivity contribution >= 4 is 27.5 Å². The van der Waals surface area contributed by atoms with Gasteiger partial charge in [0.05, 0.1) is 10.2 Å². The quantitative estimate of drug-likeness (QED) is 0.638. The van der Waals surface area contributed by atoms with Crippen LogP contribution < -0.4 is 5.32 Å². The molecule has 0 atom stereocenters. The predicted molar refractivity (Wildman–Crippen MR) is 68.4 cm³/mol. The Labute approximate surface area is 119 Å². The van der Waals surface area contributed by atoms with Crippen LogP contribution in [0, 0.1) is 23.3 Å². The third kappa shape index (κ3) is 2.82. The van der Waals surface area contributed by atoms with Gasteiger partial charge in [0.25, 0.3) is 5.91 Å². The van der Waals surface area contributed by atoms with Gasteiger partial charge >= 0.3 is 0 Å². The Morgan fingerprint density at radius 2 is 1.55 bits per heavy atom. The Morgan fingerprint density at radius 1 is 0.950 bits per heavy atom. The number of carbonyl (C=O) groups excluding carboxylic acids is 1. The fourth-order valence-electron chi connectivity index (χ4n) is 1.52. The van der Waals surface area contributed by atoms with Gasteiger partial charge in [-0.2, -0.15) is 0 Å². The summed E-state index contributed by atoms with van der Waals surface area (Å²) >= 11 is 2.77. The van der Waals surface area contributed by atoms with Crippen LogP contribution in [0.2, 0.25) is 0 Å². The highest BCUT2D eigenvalue weighted by atomic mass is 79.9. The first-order valence-corrected chi connectivity index (χ1v) is 6.09. The van der Waals surface area contributed by atoms with E-state index < -0.39 is 40.4 Å². The number of nitrogens with one attached hydrogen (secondary N) is 1. The lowest BCUT2D eigenvalue weighted by Crippen LogP contribution is -2.16. The van der Waals surface area contributed by atoms with Crippen molar-refractivity contribution in [3.05, 3.63) is 63.6 Å². The van der Waals surface area contributed by atoms with Gasteiger partial charge in [0.15, 0.2) is 0 Å². The molecular weight excluding hydrogens is 342 g/mol. The molecule has 0 aromatic heterocycles. The summed E-state index contributed by atoms with van der Waals surface area (Å²) in [5, 5.41) is 1.92. The lowest BCUT2D eigenvalue weighted by molar-refractivity contribution is 0.101. The van der Waals surface area contributed by atoms with Gasteiger partial charge in [0, 0.05) is 6.07 Å². The molecule has 1 N–H and O–H groups in total. The Balaban J connectivity index is 2.35. The van der Waals surface area contributed by atoms with Crippen molar-refractivity contribution in [2.45, 2.75) is 0 Å². The largest absolute Gasteiger partial charge is 0.319 e. The minimum absolute atomic E-state index is 0.134. The number of benzene rings is 2. The molecule has 0 bridgehead atoms. The van der Waals surface area contributed by atoms with Crippen LogP contribution in [0.1, 0.15) is 10.4 Å². The number of hydrogen-bond donors (Lipinski definition) is 1. The van der Waals surface area contributed by atoms with Crippen LogP contribution in [0.4, 0.5) is 23.2 Å². The van der Waals surface area contributed by atoms with Crippen LogP contribution >= 0.6 is 15.9 Å². The number of anilines is 1. The molecule has 104 valence electrons. The van der Waals surface area contributed by atoms with E-state index in [1.165, 1.54) is 0 Å². The number of amides is 1. The average Bonchev–Trinajstić information content (AvgIpc) is 2.35. The molecule has 0 saturated carbocycles. The smallest absolute Gasteiger partial charge is 0.261 e. The second-order valence-corrected chi connectivity index (χ2v) is 4.65. The molecular formula is C13H6BrF4NO. The highest BCUT2D eigenvalue weighted by Crippen LogP contribution is 2.24. The number of carbonyl (C=O) groups is 1. The summed E-state index contributed by atoms with van der Waals surface area (Å²) in [5.41, 5.74) is -1.38. The fraction of sp³-hybridized carbons (Fsp3) is 0. The van der Waals surface area contributed by atoms with Crippen molar-refractivity contribution < 1.29 is 22.4 Å². The van der Waals surface area contributed by atoms with Crippen LogP contribution in [0.25, 0.3) is 0 Å². The molecule has 0 radical (unpaired) electrons. The van der Waals surface area contributed by atoms with Gasteiger partial charge in [-0.15, -0.1) is 0 Å². The van der Waals surface area contributed by atoms with Crippen molar-refractivity contribution in [2.24, 2.45) is 0 Å². The fourth-order valence-corrected chi connectivity index (χ4v) is 1.83. The van der Waals surface area contributed by atoms with E-state index in [0.29, 0.717) is 6.07 Å². The molecule has 1 amide bonds. The number of halogens is 5. The first-order chi connectivity index (χ1) is 9.40. The zero-order valence-corrected chi connectivity index (χ0v) is 11.3. The molecule has 0 saturated heterocycles. The summed E-state index contributed by atoms with van der Waals surface area (Å²) in [6.07, 6.45) is 0. The van der Waals surface area contributed by atoms with Gasteiger partial charge in [-0.05, 0) is 34.1 Å². The average molecular weight is 348 g/mol. The lowest BCUT2D eigenvalue weighted by atomic mass is 10.1. The molecule has 0 aliphatic rings. The van der Waals surface area contributed by atoms with Gasteiger partial charge in [-0.25, -0.2) is 17.6 Å². The Kier molecular flexibility index (Phi) is 4.08. The first-order valence-electron chi connectivity index (χ1n) is 5.30. The van der Waals surface area contributed by atoms with Gasteiger partial charge in [0.2, 0.25) is 0 Å². The summed E-state index contributed by atoms with van der Waals surface area (Å²) in [6.45, 7) is 0. The SMILES string of the molecule is O=C(Nc1cc(F)c(Br)cc1F)c1c(F)cccc1F. The Bertz CT molecular complexity index is 670. The van der Waals surface area contributed by atoms with Crippen LogP contribution in [-0.2, 0) is 0 Å². The highest BCUT2D eigenvalue weighted by Gasteiger charge is 2.19. The maximum Gasteiger partial charge on any atom is 0.261 e. The van der Waals surface area contributed by atoms with E-state index in [1.807, 2.05) is 5.32 Å². The van der Waals surface area contributed by atoms with E-state index in [0.717, 1.165) is 24.3 Å². The van der Waals surface area contributed by atoms with Crippen molar-refractivity contribution in [2.75, 3.05) is 5.32 Å². The minimum Gasteiger partial charge on any atom is -0.319 e. The molecule has 0 spiro atoms. The summed E-state index contributed by atoms with van der Waals surface area (Å²) in [4.78, 5) is 11.7. The molecule has 0 aliphatic carbocycles. The summed E-state index contributed by atoms with van der Waals surface area (Å²) < 4.78 is 53.4. The predicted octanol–water partition coefficient (Wildman–Crippen LogP) is 4.26. The zero-order valence-electron chi connectivity index (χ0n) is 9.68. The zero-order chi connectivity index (χ0) is 14.9. The summed E-state index contributed by atoms with van der Waals surface area (Å²) in [5.74, 6) is -5.17. The van der Waals surface area contributed by atoms with Crippen LogP contribution in [0.15, 0.2) is 34.8 Å². The van der Waals surface area contributed by atoms with E-state index in [-0.39, 0.29) is 4.47 Å². The molecule has 0 fully saturated rings. The topological polar surface area (TPSA) is 29.1 Å². The summed E-state index contributed by atoms with van der Waals surface area (Å²) in [6, 6.07) is 4.35. The van der Waals surface area contributed by atoms with E-state index in [9.17, 15) is 22.4 Å². The van der Waals surface area contributed by atoms with Gasteiger partial charge in [-0.3, -0.25) is 4.79 Å². The molecule has 7 heteroatoms.